The van der Waals surface area contributed by atoms with Crippen LogP contribution in [0.3, 0.4) is 0 Å². The first-order chi connectivity index (χ1) is 47.2. The number of phosphoric acid groups is 2. The Morgan fingerprint density at radius 1 is 0.286 bits per heavy atom. The molecule has 0 spiro atoms. The maximum atomic E-state index is 13.1. The molecule has 0 heterocycles. The van der Waals surface area contributed by atoms with Gasteiger partial charge in [-0.05, 0) is 49.4 Å². The monoisotopic (exact) mass is 1440 g/mol. The second-order valence-electron chi connectivity index (χ2n) is 29.7. The number of rotatable bonds is 76. The van der Waals surface area contributed by atoms with E-state index in [2.05, 4.69) is 55.4 Å². The molecule has 0 aromatic carbocycles. The smallest absolute Gasteiger partial charge is 0.462 e. The summed E-state index contributed by atoms with van der Waals surface area (Å²) < 4.78 is 68.6. The molecule has 8 atom stereocenters. The van der Waals surface area contributed by atoms with Crippen molar-refractivity contribution in [2.75, 3.05) is 39.6 Å². The van der Waals surface area contributed by atoms with Crippen LogP contribution in [0.25, 0.3) is 0 Å². The van der Waals surface area contributed by atoms with Crippen LogP contribution in [0.15, 0.2) is 0 Å². The van der Waals surface area contributed by atoms with Gasteiger partial charge in [0.15, 0.2) is 12.2 Å². The quantitative estimate of drug-likeness (QED) is 0.0222. The van der Waals surface area contributed by atoms with Gasteiger partial charge in [0.2, 0.25) is 0 Å². The Labute approximate surface area is 600 Å². The van der Waals surface area contributed by atoms with Gasteiger partial charge in [-0.15, -0.1) is 0 Å². The average Bonchev–Trinajstić information content (AvgIpc) is 0.943. The van der Waals surface area contributed by atoms with E-state index in [4.69, 9.17) is 37.0 Å². The molecule has 5 unspecified atom stereocenters. The van der Waals surface area contributed by atoms with Crippen molar-refractivity contribution >= 4 is 39.5 Å². The second-order valence-corrected chi connectivity index (χ2v) is 32.6. The van der Waals surface area contributed by atoms with E-state index in [1.165, 1.54) is 199 Å². The first-order valence-electron chi connectivity index (χ1n) is 40.8. The number of unbranched alkanes of at least 4 members (excludes halogenated alkanes) is 39. The van der Waals surface area contributed by atoms with E-state index in [-0.39, 0.29) is 25.7 Å². The Hall–Kier alpha value is -1.94. The molecule has 0 aliphatic heterocycles. The molecule has 0 bridgehead atoms. The van der Waals surface area contributed by atoms with Crippen LogP contribution in [0.1, 0.15) is 402 Å². The highest BCUT2D eigenvalue weighted by atomic mass is 31.2. The fraction of sp³-hybridized carbons (Fsp3) is 0.949. The Morgan fingerprint density at radius 2 is 0.490 bits per heavy atom. The van der Waals surface area contributed by atoms with Gasteiger partial charge < -0.3 is 33.8 Å². The van der Waals surface area contributed by atoms with Crippen LogP contribution in [-0.2, 0) is 65.4 Å². The minimum atomic E-state index is -4.96. The van der Waals surface area contributed by atoms with Gasteiger partial charge in [0.05, 0.1) is 26.4 Å². The molecule has 98 heavy (non-hydrogen) atoms. The van der Waals surface area contributed by atoms with Crippen molar-refractivity contribution in [3.05, 3.63) is 0 Å². The molecule has 3 N–H and O–H groups in total. The highest BCUT2D eigenvalue weighted by molar-refractivity contribution is 7.47. The summed E-state index contributed by atoms with van der Waals surface area (Å²) in [6.45, 7) is 14.3. The lowest BCUT2D eigenvalue weighted by atomic mass is 9.99. The second kappa shape index (κ2) is 68.2. The molecule has 0 aliphatic rings. The number of carbonyl (C=O) groups is 4. The zero-order chi connectivity index (χ0) is 72.4. The number of carbonyl (C=O) groups excluding carboxylic acids is 4. The molecule has 0 fully saturated rings. The fourth-order valence-electron chi connectivity index (χ4n) is 12.0. The van der Waals surface area contributed by atoms with Crippen LogP contribution in [0.5, 0.6) is 0 Å². The topological polar surface area (TPSA) is 237 Å². The number of esters is 4. The molecule has 0 aromatic rings. The third-order valence-electron chi connectivity index (χ3n) is 19.4. The normalized spacial score (nSPS) is 14.9. The maximum absolute atomic E-state index is 13.1. The van der Waals surface area contributed by atoms with Crippen molar-refractivity contribution in [3.63, 3.8) is 0 Å². The standard InChI is InChI=1S/C79H154O17P2/c1-9-70(6)56-48-40-32-26-20-16-12-14-18-22-28-34-43-51-59-76(81)89-65-74(95-78(83)61-53-45-35-29-23-19-15-13-17-21-27-33-41-49-57-71(7)10-2)67-93-97(85,86)91-63-73(80)64-92-98(87,88)94-68-75(66-90-77(82)60-52-44-38-37-42-50-58-72(8)11-3)96-79(84)62-54-46-36-30-24-25-31-39-47-55-69(4)5/h69-75,80H,9-68H2,1-8H3,(H,85,86)(H,87,88)/t70?,71?,72?,73-,74-,75-/m1/s1. The van der Waals surface area contributed by atoms with Gasteiger partial charge in [-0.3, -0.25) is 37.3 Å². The summed E-state index contributed by atoms with van der Waals surface area (Å²) in [6.07, 6.45) is 54.0. The Bertz CT molecular complexity index is 1930. The van der Waals surface area contributed by atoms with Crippen LogP contribution >= 0.6 is 15.6 Å². The lowest BCUT2D eigenvalue weighted by Gasteiger charge is -2.21. The minimum absolute atomic E-state index is 0.104. The van der Waals surface area contributed by atoms with Crippen LogP contribution in [0.4, 0.5) is 0 Å². The van der Waals surface area contributed by atoms with E-state index in [1.54, 1.807) is 0 Å². The lowest BCUT2D eigenvalue weighted by molar-refractivity contribution is -0.161. The van der Waals surface area contributed by atoms with Crippen molar-refractivity contribution in [1.82, 2.24) is 0 Å². The number of aliphatic hydroxyl groups excluding tert-OH is 1. The van der Waals surface area contributed by atoms with Crippen LogP contribution in [0.2, 0.25) is 0 Å². The third kappa shape index (κ3) is 68.5. The largest absolute Gasteiger partial charge is 0.472 e. The van der Waals surface area contributed by atoms with Crippen LogP contribution in [-0.4, -0.2) is 96.7 Å². The summed E-state index contributed by atoms with van der Waals surface area (Å²) >= 11 is 0. The molecular formula is C79H154O17P2. The van der Waals surface area contributed by atoms with Crippen molar-refractivity contribution in [2.45, 2.75) is 420 Å². The van der Waals surface area contributed by atoms with Crippen LogP contribution < -0.4 is 0 Å². The van der Waals surface area contributed by atoms with Crippen molar-refractivity contribution < 1.29 is 80.2 Å². The van der Waals surface area contributed by atoms with Gasteiger partial charge in [0, 0.05) is 25.7 Å². The van der Waals surface area contributed by atoms with E-state index >= 15 is 0 Å². The molecule has 582 valence electrons. The Balaban J connectivity index is 5.25. The predicted molar refractivity (Wildman–Crippen MR) is 400 cm³/mol. The van der Waals surface area contributed by atoms with Crippen LogP contribution in [0, 0.1) is 23.7 Å². The molecule has 19 heteroatoms. The third-order valence-corrected chi connectivity index (χ3v) is 21.3. The highest BCUT2D eigenvalue weighted by Crippen LogP contribution is 2.45. The number of ether oxygens (including phenoxy) is 4. The maximum Gasteiger partial charge on any atom is 0.472 e. The van der Waals surface area contributed by atoms with E-state index in [0.717, 1.165) is 120 Å². The Kier molecular flexibility index (Phi) is 66.8. The summed E-state index contributed by atoms with van der Waals surface area (Å²) in [5, 5.41) is 10.6. The number of aliphatic hydroxyl groups is 1. The molecular weight excluding hydrogens is 1280 g/mol. The van der Waals surface area contributed by atoms with Gasteiger partial charge in [-0.2, -0.15) is 0 Å². The van der Waals surface area contributed by atoms with Gasteiger partial charge in [0.25, 0.3) is 0 Å². The first kappa shape index (κ1) is 96.1. The molecule has 0 saturated heterocycles. The SMILES string of the molecule is CCC(C)CCCCCCCCCCCCCCCCC(=O)OC[C@H](COP(=O)(O)OC[C@@H](O)COP(=O)(O)OC[C@@H](COC(=O)CCCCCCCCC(C)CC)OC(=O)CCCCCCCCCCCC(C)C)OC(=O)CCCCCCCCCCCCCCCCC(C)CC. The molecule has 0 aromatic heterocycles. The summed E-state index contributed by atoms with van der Waals surface area (Å²) in [6, 6.07) is 0. The number of hydrogen-bond donors (Lipinski definition) is 3. The molecule has 0 amide bonds. The van der Waals surface area contributed by atoms with Gasteiger partial charge >= 0.3 is 39.5 Å². The lowest BCUT2D eigenvalue weighted by Crippen LogP contribution is -2.30. The van der Waals surface area contributed by atoms with Gasteiger partial charge in [-0.1, -0.05) is 351 Å². The predicted octanol–water partition coefficient (Wildman–Crippen LogP) is 23.2. The van der Waals surface area contributed by atoms with Gasteiger partial charge in [-0.25, -0.2) is 9.13 Å². The molecule has 0 radical (unpaired) electrons. The van der Waals surface area contributed by atoms with Gasteiger partial charge in [0.1, 0.15) is 19.3 Å². The van der Waals surface area contributed by atoms with Crippen molar-refractivity contribution in [2.24, 2.45) is 23.7 Å². The number of hydrogen-bond acceptors (Lipinski definition) is 15. The molecule has 0 aliphatic carbocycles. The summed E-state index contributed by atoms with van der Waals surface area (Å²) in [7, 11) is -9.92. The zero-order valence-corrected chi connectivity index (χ0v) is 66.2. The van der Waals surface area contributed by atoms with E-state index in [0.29, 0.717) is 25.7 Å². The number of phosphoric ester groups is 2. The average molecular weight is 1440 g/mol. The molecule has 0 saturated carbocycles. The van der Waals surface area contributed by atoms with E-state index in [9.17, 15) is 43.2 Å². The summed E-state index contributed by atoms with van der Waals surface area (Å²) in [4.78, 5) is 72.9. The first-order valence-corrected chi connectivity index (χ1v) is 43.8. The molecule has 0 rings (SSSR count). The highest BCUT2D eigenvalue weighted by Gasteiger charge is 2.30. The van der Waals surface area contributed by atoms with Crippen molar-refractivity contribution in [1.29, 1.82) is 0 Å². The fourth-order valence-corrected chi connectivity index (χ4v) is 13.6. The zero-order valence-electron chi connectivity index (χ0n) is 64.4. The summed E-state index contributed by atoms with van der Waals surface area (Å²) in [5.41, 5.74) is 0. The van der Waals surface area contributed by atoms with Crippen molar-refractivity contribution in [3.8, 4) is 0 Å². The minimum Gasteiger partial charge on any atom is -0.462 e. The van der Waals surface area contributed by atoms with E-state index in [1.807, 2.05) is 0 Å². The molecule has 17 nitrogen and oxygen atoms in total. The Morgan fingerprint density at radius 3 is 0.724 bits per heavy atom. The summed E-state index contributed by atoms with van der Waals surface area (Å²) in [5.74, 6) is 1.04. The van der Waals surface area contributed by atoms with E-state index < -0.39 is 97.5 Å².